The second kappa shape index (κ2) is 10.6. The molecule has 8 heteroatoms. The summed E-state index contributed by atoms with van der Waals surface area (Å²) in [7, 11) is 0. The first kappa shape index (κ1) is 22.2. The van der Waals surface area contributed by atoms with E-state index in [0.29, 0.717) is 22.9 Å². The summed E-state index contributed by atoms with van der Waals surface area (Å²) in [6.07, 6.45) is 5.27. The fourth-order valence-corrected chi connectivity index (χ4v) is 4.77. The third kappa shape index (κ3) is 5.64. The molecule has 0 saturated heterocycles. The molecule has 3 aromatic rings. The Morgan fingerprint density at radius 1 is 1.06 bits per heavy atom. The van der Waals surface area contributed by atoms with Crippen LogP contribution in [0.5, 0.6) is 5.75 Å². The summed E-state index contributed by atoms with van der Waals surface area (Å²) >= 11 is 1.37. The molecule has 1 aromatic heterocycles. The SMILES string of the molecule is N#Cc1c(NC(=O)C(=O)NN=Cc2ccc(OCc3ccccc3)cc2)sc2c1CCCC2. The van der Waals surface area contributed by atoms with Crippen molar-refractivity contribution in [1.82, 2.24) is 5.43 Å². The lowest BCUT2D eigenvalue weighted by atomic mass is 9.96. The third-order valence-corrected chi connectivity index (χ3v) is 6.43. The van der Waals surface area contributed by atoms with Crippen LogP contribution in [0.15, 0.2) is 59.7 Å². The molecule has 7 nitrogen and oxygen atoms in total. The number of rotatable bonds is 6. The number of anilines is 1. The summed E-state index contributed by atoms with van der Waals surface area (Å²) in [6.45, 7) is 0.472. The number of ether oxygens (including phenoxy) is 1. The highest BCUT2D eigenvalue weighted by Gasteiger charge is 2.23. The summed E-state index contributed by atoms with van der Waals surface area (Å²) in [6, 6.07) is 19.2. The van der Waals surface area contributed by atoms with Crippen LogP contribution < -0.4 is 15.5 Å². The molecular weight excluding hydrogens is 436 g/mol. The molecule has 4 rings (SSSR count). The van der Waals surface area contributed by atoms with Gasteiger partial charge >= 0.3 is 11.8 Å². The van der Waals surface area contributed by atoms with Crippen LogP contribution in [0.4, 0.5) is 5.00 Å². The number of aryl methyl sites for hydroxylation is 1. The van der Waals surface area contributed by atoms with E-state index < -0.39 is 11.8 Å². The summed E-state index contributed by atoms with van der Waals surface area (Å²) in [4.78, 5) is 25.5. The van der Waals surface area contributed by atoms with Crippen molar-refractivity contribution in [3.05, 3.63) is 81.7 Å². The van der Waals surface area contributed by atoms with E-state index in [-0.39, 0.29) is 0 Å². The molecule has 0 spiro atoms. The number of hydrazone groups is 1. The second-order valence-corrected chi connectivity index (χ2v) is 8.63. The number of fused-ring (bicyclic) bond motifs is 1. The quantitative estimate of drug-likeness (QED) is 0.329. The number of hydrogen-bond acceptors (Lipinski definition) is 6. The van der Waals surface area contributed by atoms with Gasteiger partial charge in [0.15, 0.2) is 0 Å². The van der Waals surface area contributed by atoms with Crippen LogP contribution in [-0.4, -0.2) is 18.0 Å². The second-order valence-electron chi connectivity index (χ2n) is 7.52. The van der Waals surface area contributed by atoms with Crippen molar-refractivity contribution in [1.29, 1.82) is 5.26 Å². The molecule has 2 N–H and O–H groups in total. The van der Waals surface area contributed by atoms with Gasteiger partial charge in [-0.15, -0.1) is 11.3 Å². The van der Waals surface area contributed by atoms with Crippen LogP contribution in [0.3, 0.4) is 0 Å². The maximum Gasteiger partial charge on any atom is 0.329 e. The van der Waals surface area contributed by atoms with E-state index in [1.807, 2.05) is 30.3 Å². The molecule has 2 aromatic carbocycles. The lowest BCUT2D eigenvalue weighted by Gasteiger charge is -2.09. The first-order valence-corrected chi connectivity index (χ1v) is 11.4. The van der Waals surface area contributed by atoms with E-state index in [1.165, 1.54) is 17.6 Å². The number of nitriles is 1. The van der Waals surface area contributed by atoms with Gasteiger partial charge in [-0.2, -0.15) is 10.4 Å². The number of carbonyl (C=O) groups is 2. The average molecular weight is 459 g/mol. The summed E-state index contributed by atoms with van der Waals surface area (Å²) in [5.74, 6) is -1.04. The molecule has 1 aliphatic carbocycles. The van der Waals surface area contributed by atoms with Crippen LogP contribution in [-0.2, 0) is 29.0 Å². The lowest BCUT2D eigenvalue weighted by Crippen LogP contribution is -2.32. The molecule has 0 aliphatic heterocycles. The summed E-state index contributed by atoms with van der Waals surface area (Å²) in [5.41, 5.74) is 5.50. The minimum atomic E-state index is -0.899. The molecule has 1 heterocycles. The van der Waals surface area contributed by atoms with Crippen molar-refractivity contribution in [3.63, 3.8) is 0 Å². The van der Waals surface area contributed by atoms with Gasteiger partial charge in [0.25, 0.3) is 0 Å². The zero-order chi connectivity index (χ0) is 23.0. The molecule has 0 bridgehead atoms. The Hall–Kier alpha value is -3.96. The zero-order valence-corrected chi connectivity index (χ0v) is 18.7. The molecule has 0 radical (unpaired) electrons. The Morgan fingerprint density at radius 3 is 2.58 bits per heavy atom. The molecule has 166 valence electrons. The molecule has 0 atom stereocenters. The van der Waals surface area contributed by atoms with Gasteiger partial charge in [-0.3, -0.25) is 9.59 Å². The van der Waals surface area contributed by atoms with Gasteiger partial charge in [0.1, 0.15) is 23.4 Å². The molecule has 33 heavy (non-hydrogen) atoms. The third-order valence-electron chi connectivity index (χ3n) is 5.22. The Labute approximate surface area is 195 Å². The molecule has 1 aliphatic rings. The highest BCUT2D eigenvalue weighted by molar-refractivity contribution is 7.16. The number of nitrogens with one attached hydrogen (secondary N) is 2. The van der Waals surface area contributed by atoms with Crippen molar-refractivity contribution in [3.8, 4) is 11.8 Å². The maximum absolute atomic E-state index is 12.3. The first-order valence-electron chi connectivity index (χ1n) is 10.6. The maximum atomic E-state index is 12.3. The number of thiophene rings is 1. The Balaban J connectivity index is 1.28. The number of hydrogen-bond donors (Lipinski definition) is 2. The monoisotopic (exact) mass is 458 g/mol. The highest BCUT2D eigenvalue weighted by atomic mass is 32.1. The van der Waals surface area contributed by atoms with Crippen LogP contribution in [0.2, 0.25) is 0 Å². The Morgan fingerprint density at radius 2 is 1.82 bits per heavy atom. The van der Waals surface area contributed by atoms with Gasteiger partial charge in [0.05, 0.1) is 11.8 Å². The van der Waals surface area contributed by atoms with Gasteiger partial charge in [-0.25, -0.2) is 5.43 Å². The van der Waals surface area contributed by atoms with E-state index in [9.17, 15) is 14.9 Å². The van der Waals surface area contributed by atoms with Gasteiger partial charge in [0.2, 0.25) is 0 Å². The van der Waals surface area contributed by atoms with E-state index in [4.69, 9.17) is 4.74 Å². The van der Waals surface area contributed by atoms with E-state index in [2.05, 4.69) is 21.9 Å². The molecule has 0 unspecified atom stereocenters. The normalized spacial score (nSPS) is 12.6. The topological polar surface area (TPSA) is 104 Å². The van der Waals surface area contributed by atoms with Crippen molar-refractivity contribution in [2.45, 2.75) is 32.3 Å². The molecular formula is C25H22N4O3S. The molecule has 0 fully saturated rings. The summed E-state index contributed by atoms with van der Waals surface area (Å²) in [5, 5.41) is 16.3. The minimum absolute atomic E-state index is 0.430. The predicted octanol–water partition coefficient (Wildman–Crippen LogP) is 4.17. The van der Waals surface area contributed by atoms with Gasteiger partial charge < -0.3 is 10.1 Å². The van der Waals surface area contributed by atoms with E-state index in [1.54, 1.807) is 24.3 Å². The van der Waals surface area contributed by atoms with Crippen LogP contribution in [0.25, 0.3) is 0 Å². The minimum Gasteiger partial charge on any atom is -0.489 e. The highest BCUT2D eigenvalue weighted by Crippen LogP contribution is 2.37. The van der Waals surface area contributed by atoms with Crippen molar-refractivity contribution >= 4 is 34.4 Å². The summed E-state index contributed by atoms with van der Waals surface area (Å²) < 4.78 is 5.74. The Bertz CT molecular complexity index is 1210. The van der Waals surface area contributed by atoms with E-state index in [0.717, 1.165) is 47.3 Å². The smallest absolute Gasteiger partial charge is 0.329 e. The molecule has 0 saturated carbocycles. The zero-order valence-electron chi connectivity index (χ0n) is 17.8. The van der Waals surface area contributed by atoms with Gasteiger partial charge in [0, 0.05) is 4.88 Å². The lowest BCUT2D eigenvalue weighted by molar-refractivity contribution is -0.136. The fourth-order valence-electron chi connectivity index (χ4n) is 3.54. The number of amides is 2. The van der Waals surface area contributed by atoms with Crippen LogP contribution in [0.1, 0.15) is 40.0 Å². The Kier molecular flexibility index (Phi) is 7.12. The number of nitrogens with zero attached hydrogens (tertiary/aromatic N) is 2. The van der Waals surface area contributed by atoms with Crippen LogP contribution >= 0.6 is 11.3 Å². The number of benzene rings is 2. The van der Waals surface area contributed by atoms with Crippen molar-refractivity contribution in [2.24, 2.45) is 5.10 Å². The predicted molar refractivity (Wildman–Crippen MR) is 127 cm³/mol. The molecule has 2 amide bonds. The van der Waals surface area contributed by atoms with Gasteiger partial charge in [-0.1, -0.05) is 30.3 Å². The van der Waals surface area contributed by atoms with Crippen LogP contribution in [0, 0.1) is 11.3 Å². The van der Waals surface area contributed by atoms with Crippen molar-refractivity contribution < 1.29 is 14.3 Å². The fraction of sp³-hybridized carbons (Fsp3) is 0.200. The largest absolute Gasteiger partial charge is 0.489 e. The van der Waals surface area contributed by atoms with Gasteiger partial charge in [-0.05, 0) is 66.6 Å². The first-order chi connectivity index (χ1) is 16.1. The van der Waals surface area contributed by atoms with Crippen molar-refractivity contribution in [2.75, 3.05) is 5.32 Å². The average Bonchev–Trinajstić information content (AvgIpc) is 3.21. The standard InChI is InChI=1S/C25H22N4O3S/c26-14-21-20-8-4-5-9-22(20)33-25(21)28-23(30)24(31)29-27-15-17-10-12-19(13-11-17)32-16-18-6-2-1-3-7-18/h1-3,6-7,10-13,15H,4-5,8-9,16H2,(H,28,30)(H,29,31). The van der Waals surface area contributed by atoms with E-state index >= 15 is 0 Å². The number of carbonyl (C=O) groups excluding carboxylic acids is 2.